The molecule has 96 valence electrons. The molecule has 4 nitrogen and oxygen atoms in total. The molecule has 0 aliphatic heterocycles. The zero-order chi connectivity index (χ0) is 12.7. The van der Waals surface area contributed by atoms with Crippen LogP contribution in [0, 0.1) is 0 Å². The topological polar surface area (TPSA) is 50.1 Å². The molecular weight excluding hydrogens is 214 g/mol. The minimum absolute atomic E-state index is 0.328. The lowest BCUT2D eigenvalue weighted by atomic mass is 9.86. The summed E-state index contributed by atoms with van der Waals surface area (Å²) in [7, 11) is 0. The van der Waals surface area contributed by atoms with Crippen molar-refractivity contribution >= 4 is 0 Å². The number of hydrogen-bond acceptors (Lipinski definition) is 3. The molecule has 1 fully saturated rings. The van der Waals surface area contributed by atoms with Gasteiger partial charge in [-0.1, -0.05) is 0 Å². The molecule has 2 rings (SSSR count). The van der Waals surface area contributed by atoms with Gasteiger partial charge in [-0.05, 0) is 40.5 Å². The molecule has 0 atom stereocenters. The fourth-order valence-corrected chi connectivity index (χ4v) is 1.68. The van der Waals surface area contributed by atoms with E-state index in [1.54, 1.807) is 0 Å². The summed E-state index contributed by atoms with van der Waals surface area (Å²) in [6.45, 7) is 8.44. The SMILES string of the molecule is CC(C)(O)C(C)(C)NCc1cncn1C1CC1. The Kier molecular flexibility index (Phi) is 3.04. The smallest absolute Gasteiger partial charge is 0.0951 e. The Morgan fingerprint density at radius 1 is 1.41 bits per heavy atom. The highest BCUT2D eigenvalue weighted by Crippen LogP contribution is 2.35. The van der Waals surface area contributed by atoms with E-state index in [2.05, 4.69) is 14.9 Å². The molecule has 0 saturated heterocycles. The van der Waals surface area contributed by atoms with E-state index in [1.165, 1.54) is 18.5 Å². The average Bonchev–Trinajstić information content (AvgIpc) is 2.93. The minimum Gasteiger partial charge on any atom is -0.389 e. The van der Waals surface area contributed by atoms with Crippen molar-refractivity contribution in [1.29, 1.82) is 0 Å². The third-order valence-electron chi connectivity index (χ3n) is 3.93. The Hall–Kier alpha value is -0.870. The van der Waals surface area contributed by atoms with E-state index >= 15 is 0 Å². The first kappa shape index (κ1) is 12.6. The van der Waals surface area contributed by atoms with Crippen LogP contribution in [0.4, 0.5) is 0 Å². The van der Waals surface area contributed by atoms with E-state index in [-0.39, 0.29) is 5.54 Å². The van der Waals surface area contributed by atoms with E-state index in [1.807, 2.05) is 40.2 Å². The minimum atomic E-state index is -0.753. The van der Waals surface area contributed by atoms with Crippen LogP contribution in [0.5, 0.6) is 0 Å². The van der Waals surface area contributed by atoms with Crippen LogP contribution in [-0.4, -0.2) is 25.8 Å². The van der Waals surface area contributed by atoms with E-state index in [0.29, 0.717) is 6.04 Å². The number of rotatable bonds is 5. The Morgan fingerprint density at radius 2 is 2.06 bits per heavy atom. The van der Waals surface area contributed by atoms with Gasteiger partial charge in [-0.25, -0.2) is 4.98 Å². The highest BCUT2D eigenvalue weighted by Gasteiger charge is 2.34. The van der Waals surface area contributed by atoms with Crippen molar-refractivity contribution < 1.29 is 5.11 Å². The van der Waals surface area contributed by atoms with Crippen molar-refractivity contribution in [1.82, 2.24) is 14.9 Å². The average molecular weight is 237 g/mol. The summed E-state index contributed by atoms with van der Waals surface area (Å²) in [4.78, 5) is 4.21. The number of hydrogen-bond donors (Lipinski definition) is 2. The second-order valence-corrected chi connectivity index (χ2v) is 6.06. The molecule has 0 amide bonds. The van der Waals surface area contributed by atoms with Gasteiger partial charge in [0.15, 0.2) is 0 Å². The summed E-state index contributed by atoms with van der Waals surface area (Å²) in [5, 5.41) is 13.5. The molecule has 1 aromatic heterocycles. The van der Waals surface area contributed by atoms with Gasteiger partial charge in [0.25, 0.3) is 0 Å². The van der Waals surface area contributed by atoms with Crippen molar-refractivity contribution in [2.45, 2.75) is 64.3 Å². The van der Waals surface area contributed by atoms with Gasteiger partial charge in [-0.15, -0.1) is 0 Å². The van der Waals surface area contributed by atoms with Crippen LogP contribution < -0.4 is 5.32 Å². The summed E-state index contributed by atoms with van der Waals surface area (Å²) in [6.07, 6.45) is 6.34. The number of imidazole rings is 1. The van der Waals surface area contributed by atoms with Crippen LogP contribution in [0.2, 0.25) is 0 Å². The highest BCUT2D eigenvalue weighted by atomic mass is 16.3. The van der Waals surface area contributed by atoms with Crippen LogP contribution in [0.3, 0.4) is 0 Å². The molecule has 1 saturated carbocycles. The maximum absolute atomic E-state index is 10.1. The van der Waals surface area contributed by atoms with Crippen LogP contribution in [0.1, 0.15) is 52.3 Å². The van der Waals surface area contributed by atoms with Gasteiger partial charge in [0.1, 0.15) is 0 Å². The van der Waals surface area contributed by atoms with Gasteiger partial charge in [0.05, 0.1) is 17.6 Å². The first-order chi connectivity index (χ1) is 7.81. The summed E-state index contributed by atoms with van der Waals surface area (Å²) < 4.78 is 2.24. The Balaban J connectivity index is 2.00. The lowest BCUT2D eigenvalue weighted by Gasteiger charge is -2.38. The number of aromatic nitrogens is 2. The van der Waals surface area contributed by atoms with E-state index in [9.17, 15) is 5.11 Å². The second-order valence-electron chi connectivity index (χ2n) is 6.06. The molecule has 0 spiro atoms. The summed E-state index contributed by atoms with van der Waals surface area (Å²) in [5.41, 5.74) is 0.119. The van der Waals surface area contributed by atoms with Gasteiger partial charge in [-0.3, -0.25) is 0 Å². The fraction of sp³-hybridized carbons (Fsp3) is 0.769. The molecular formula is C13H23N3O. The lowest BCUT2D eigenvalue weighted by Crippen LogP contribution is -2.55. The Morgan fingerprint density at radius 3 is 2.59 bits per heavy atom. The van der Waals surface area contributed by atoms with Crippen LogP contribution in [0.15, 0.2) is 12.5 Å². The molecule has 1 heterocycles. The van der Waals surface area contributed by atoms with Gasteiger partial charge in [-0.2, -0.15) is 0 Å². The molecule has 0 radical (unpaired) electrons. The lowest BCUT2D eigenvalue weighted by molar-refractivity contribution is -0.00557. The van der Waals surface area contributed by atoms with E-state index in [4.69, 9.17) is 0 Å². The van der Waals surface area contributed by atoms with E-state index < -0.39 is 5.60 Å². The Bertz CT molecular complexity index is 386. The summed E-state index contributed by atoms with van der Waals surface area (Å²) in [6, 6.07) is 0.652. The van der Waals surface area contributed by atoms with Crippen molar-refractivity contribution in [2.75, 3.05) is 0 Å². The molecule has 0 unspecified atom stereocenters. The predicted octanol–water partition coefficient (Wildman–Crippen LogP) is 1.86. The zero-order valence-corrected chi connectivity index (χ0v) is 11.2. The molecule has 2 N–H and O–H groups in total. The largest absolute Gasteiger partial charge is 0.389 e. The summed E-state index contributed by atoms with van der Waals surface area (Å²) in [5.74, 6) is 0. The monoisotopic (exact) mass is 237 g/mol. The van der Waals surface area contributed by atoms with Crippen molar-refractivity contribution in [3.63, 3.8) is 0 Å². The van der Waals surface area contributed by atoms with Gasteiger partial charge in [0, 0.05) is 24.3 Å². The van der Waals surface area contributed by atoms with Gasteiger partial charge < -0.3 is 15.0 Å². The van der Waals surface area contributed by atoms with Crippen molar-refractivity contribution in [3.05, 3.63) is 18.2 Å². The first-order valence-corrected chi connectivity index (χ1v) is 6.29. The first-order valence-electron chi connectivity index (χ1n) is 6.29. The third-order valence-corrected chi connectivity index (χ3v) is 3.93. The second kappa shape index (κ2) is 4.10. The normalized spacial score (nSPS) is 17.5. The number of nitrogens with one attached hydrogen (secondary N) is 1. The molecule has 4 heteroatoms. The highest BCUT2D eigenvalue weighted by molar-refractivity contribution is 5.05. The van der Waals surface area contributed by atoms with Gasteiger partial charge in [0.2, 0.25) is 0 Å². The van der Waals surface area contributed by atoms with E-state index in [0.717, 1.165) is 6.54 Å². The van der Waals surface area contributed by atoms with Crippen molar-refractivity contribution in [3.8, 4) is 0 Å². The number of nitrogens with zero attached hydrogens (tertiary/aromatic N) is 2. The standard InChI is InChI=1S/C13H23N3O/c1-12(2,13(3,4)17)15-8-11-7-14-9-16(11)10-5-6-10/h7,9-10,15,17H,5-6,8H2,1-4H3. The molecule has 0 aromatic carbocycles. The molecule has 1 aromatic rings. The molecule has 1 aliphatic carbocycles. The predicted molar refractivity (Wildman–Crippen MR) is 67.7 cm³/mol. The molecule has 0 bridgehead atoms. The maximum atomic E-state index is 10.1. The van der Waals surface area contributed by atoms with Gasteiger partial charge >= 0.3 is 0 Å². The maximum Gasteiger partial charge on any atom is 0.0951 e. The molecule has 17 heavy (non-hydrogen) atoms. The van der Waals surface area contributed by atoms with Crippen LogP contribution >= 0.6 is 0 Å². The van der Waals surface area contributed by atoms with Crippen molar-refractivity contribution in [2.24, 2.45) is 0 Å². The zero-order valence-electron chi connectivity index (χ0n) is 11.2. The molecule has 1 aliphatic rings. The van der Waals surface area contributed by atoms with Crippen LogP contribution in [-0.2, 0) is 6.54 Å². The Labute approximate surface area is 103 Å². The number of aliphatic hydroxyl groups is 1. The van der Waals surface area contributed by atoms with Crippen LogP contribution in [0.25, 0.3) is 0 Å². The quantitative estimate of drug-likeness (QED) is 0.822. The third kappa shape index (κ3) is 2.69. The fourth-order valence-electron chi connectivity index (χ4n) is 1.68. The summed E-state index contributed by atoms with van der Waals surface area (Å²) >= 11 is 0.